The molecular weight excluding hydrogens is 158 g/mol. The number of nitrogens with one attached hydrogen (secondary N) is 1. The van der Waals surface area contributed by atoms with E-state index in [1.807, 2.05) is 7.05 Å². The second kappa shape index (κ2) is 3.25. The average Bonchev–Trinajstić information content (AvgIpc) is 2.35. The molecular formula is C7H11N3O2. The lowest BCUT2D eigenvalue weighted by Gasteiger charge is -2.06. The molecule has 0 aliphatic rings. The van der Waals surface area contributed by atoms with Gasteiger partial charge in [-0.2, -0.15) is 0 Å². The summed E-state index contributed by atoms with van der Waals surface area (Å²) in [7, 11) is 1.82. The van der Waals surface area contributed by atoms with Crippen molar-refractivity contribution in [2.75, 3.05) is 5.32 Å². The number of aliphatic carboxylic acids is 1. The fourth-order valence-electron chi connectivity index (χ4n) is 0.771. The Morgan fingerprint density at radius 2 is 2.50 bits per heavy atom. The second-order valence-electron chi connectivity index (χ2n) is 2.63. The van der Waals surface area contributed by atoms with Gasteiger partial charge in [0.25, 0.3) is 0 Å². The number of aromatic nitrogens is 2. The first-order chi connectivity index (χ1) is 5.59. The Morgan fingerprint density at radius 1 is 1.83 bits per heavy atom. The molecule has 1 rings (SSSR count). The van der Waals surface area contributed by atoms with Crippen molar-refractivity contribution >= 4 is 11.8 Å². The lowest BCUT2D eigenvalue weighted by Crippen LogP contribution is -2.25. The molecule has 1 atom stereocenters. The highest BCUT2D eigenvalue weighted by Gasteiger charge is 2.10. The summed E-state index contributed by atoms with van der Waals surface area (Å²) in [6, 6.07) is -0.611. The minimum Gasteiger partial charge on any atom is -0.480 e. The molecule has 0 saturated heterocycles. The Hall–Kier alpha value is -1.52. The first-order valence-corrected chi connectivity index (χ1v) is 3.57. The predicted octanol–water partition coefficient (Wildman–Crippen LogP) is 0.305. The number of carboxylic acid groups (broad SMARTS) is 1. The van der Waals surface area contributed by atoms with Crippen LogP contribution in [0.3, 0.4) is 0 Å². The van der Waals surface area contributed by atoms with Crippen molar-refractivity contribution in [1.29, 1.82) is 0 Å². The van der Waals surface area contributed by atoms with Gasteiger partial charge >= 0.3 is 5.97 Å². The van der Waals surface area contributed by atoms with Gasteiger partial charge in [0.2, 0.25) is 0 Å². The molecule has 0 spiro atoms. The summed E-state index contributed by atoms with van der Waals surface area (Å²) < 4.78 is 1.75. The molecule has 0 aliphatic heterocycles. The van der Waals surface area contributed by atoms with Crippen LogP contribution in [0.5, 0.6) is 0 Å². The van der Waals surface area contributed by atoms with E-state index >= 15 is 0 Å². The Balaban J connectivity index is 2.58. The number of hydrogen-bond acceptors (Lipinski definition) is 3. The van der Waals surface area contributed by atoms with Gasteiger partial charge in [-0.1, -0.05) is 0 Å². The summed E-state index contributed by atoms with van der Waals surface area (Å²) in [6.45, 7) is 1.57. The molecule has 0 saturated carbocycles. The third kappa shape index (κ3) is 1.98. The van der Waals surface area contributed by atoms with Crippen LogP contribution in [0.2, 0.25) is 0 Å². The van der Waals surface area contributed by atoms with Crippen molar-refractivity contribution in [3.8, 4) is 0 Å². The number of carbonyl (C=O) groups is 1. The monoisotopic (exact) mass is 169 g/mol. The fourth-order valence-corrected chi connectivity index (χ4v) is 0.771. The molecule has 66 valence electrons. The van der Waals surface area contributed by atoms with E-state index in [0.717, 1.165) is 0 Å². The standard InChI is InChI=1S/C7H11N3O2/c1-5(7(11)12)9-6-3-10(2)4-8-6/h3-5,9H,1-2H3,(H,11,12)/t5-/m0/s1. The number of nitrogens with zero attached hydrogens (tertiary/aromatic N) is 2. The zero-order valence-electron chi connectivity index (χ0n) is 6.98. The smallest absolute Gasteiger partial charge is 0.325 e. The lowest BCUT2D eigenvalue weighted by molar-refractivity contribution is -0.137. The van der Waals surface area contributed by atoms with E-state index < -0.39 is 12.0 Å². The molecule has 0 fully saturated rings. The van der Waals surface area contributed by atoms with Crippen molar-refractivity contribution < 1.29 is 9.90 Å². The molecule has 1 aromatic heterocycles. The van der Waals surface area contributed by atoms with E-state index in [1.165, 1.54) is 0 Å². The number of aryl methyl sites for hydroxylation is 1. The van der Waals surface area contributed by atoms with E-state index in [2.05, 4.69) is 10.3 Å². The second-order valence-corrected chi connectivity index (χ2v) is 2.63. The van der Waals surface area contributed by atoms with E-state index in [9.17, 15) is 4.79 Å². The first-order valence-electron chi connectivity index (χ1n) is 3.57. The predicted molar refractivity (Wildman–Crippen MR) is 43.9 cm³/mol. The summed E-state index contributed by atoms with van der Waals surface area (Å²) in [5.41, 5.74) is 0. The number of imidazole rings is 1. The topological polar surface area (TPSA) is 67.2 Å². The van der Waals surface area contributed by atoms with E-state index in [0.29, 0.717) is 5.82 Å². The lowest BCUT2D eigenvalue weighted by atomic mass is 10.3. The Morgan fingerprint density at radius 3 is 2.92 bits per heavy atom. The summed E-state index contributed by atoms with van der Waals surface area (Å²) in [6.07, 6.45) is 3.33. The van der Waals surface area contributed by atoms with Crippen LogP contribution in [0.4, 0.5) is 5.82 Å². The van der Waals surface area contributed by atoms with Gasteiger partial charge in [0.15, 0.2) is 0 Å². The van der Waals surface area contributed by atoms with Crippen molar-refractivity contribution in [1.82, 2.24) is 9.55 Å². The quantitative estimate of drug-likeness (QED) is 0.683. The average molecular weight is 169 g/mol. The molecule has 12 heavy (non-hydrogen) atoms. The normalized spacial score (nSPS) is 12.5. The van der Waals surface area contributed by atoms with Crippen molar-refractivity contribution in [2.24, 2.45) is 7.05 Å². The SMILES string of the molecule is C[C@H](Nc1cn(C)cn1)C(=O)O. The minimum absolute atomic E-state index is 0.576. The van der Waals surface area contributed by atoms with Crippen LogP contribution < -0.4 is 5.32 Å². The van der Waals surface area contributed by atoms with Gasteiger partial charge in [0, 0.05) is 13.2 Å². The maximum absolute atomic E-state index is 10.4. The Kier molecular flexibility index (Phi) is 2.32. The van der Waals surface area contributed by atoms with Gasteiger partial charge < -0.3 is 15.0 Å². The van der Waals surface area contributed by atoms with Gasteiger partial charge in [-0.25, -0.2) is 4.98 Å². The highest BCUT2D eigenvalue weighted by Crippen LogP contribution is 2.02. The van der Waals surface area contributed by atoms with Crippen LogP contribution in [-0.2, 0) is 11.8 Å². The summed E-state index contributed by atoms with van der Waals surface area (Å²) in [4.78, 5) is 14.3. The van der Waals surface area contributed by atoms with Crippen molar-refractivity contribution in [3.05, 3.63) is 12.5 Å². The Labute approximate surface area is 70.0 Å². The van der Waals surface area contributed by atoms with Crippen molar-refractivity contribution in [2.45, 2.75) is 13.0 Å². The number of anilines is 1. The van der Waals surface area contributed by atoms with Gasteiger partial charge in [0.1, 0.15) is 11.9 Å². The molecule has 2 N–H and O–H groups in total. The molecule has 1 aromatic rings. The molecule has 0 aliphatic carbocycles. The van der Waals surface area contributed by atoms with E-state index in [4.69, 9.17) is 5.11 Å². The number of rotatable bonds is 3. The summed E-state index contributed by atoms with van der Waals surface area (Å²) >= 11 is 0. The van der Waals surface area contributed by atoms with Crippen LogP contribution in [0.25, 0.3) is 0 Å². The van der Waals surface area contributed by atoms with Crippen LogP contribution in [0.1, 0.15) is 6.92 Å². The summed E-state index contributed by atoms with van der Waals surface area (Å²) in [5.74, 6) is -0.312. The van der Waals surface area contributed by atoms with Crippen LogP contribution in [0, 0.1) is 0 Å². The van der Waals surface area contributed by atoms with E-state index in [1.54, 1.807) is 24.0 Å². The Bertz CT molecular complexity index is 282. The van der Waals surface area contributed by atoms with Gasteiger partial charge in [-0.3, -0.25) is 4.79 Å². The van der Waals surface area contributed by atoms with Crippen LogP contribution in [0.15, 0.2) is 12.5 Å². The third-order valence-corrected chi connectivity index (χ3v) is 1.44. The van der Waals surface area contributed by atoms with Gasteiger partial charge in [-0.05, 0) is 6.92 Å². The fraction of sp³-hybridized carbons (Fsp3) is 0.429. The molecule has 5 heteroatoms. The van der Waals surface area contributed by atoms with Gasteiger partial charge in [-0.15, -0.1) is 0 Å². The largest absolute Gasteiger partial charge is 0.480 e. The molecule has 0 amide bonds. The highest BCUT2D eigenvalue weighted by atomic mass is 16.4. The molecule has 0 unspecified atom stereocenters. The van der Waals surface area contributed by atoms with Crippen LogP contribution >= 0.6 is 0 Å². The summed E-state index contributed by atoms with van der Waals surface area (Å²) in [5, 5.41) is 11.3. The molecule has 0 bridgehead atoms. The van der Waals surface area contributed by atoms with Crippen LogP contribution in [-0.4, -0.2) is 26.7 Å². The van der Waals surface area contributed by atoms with E-state index in [-0.39, 0.29) is 0 Å². The molecule has 1 heterocycles. The maximum atomic E-state index is 10.4. The first kappa shape index (κ1) is 8.58. The van der Waals surface area contributed by atoms with Gasteiger partial charge in [0.05, 0.1) is 6.33 Å². The van der Waals surface area contributed by atoms with Crippen molar-refractivity contribution in [3.63, 3.8) is 0 Å². The highest BCUT2D eigenvalue weighted by molar-refractivity contribution is 5.76. The minimum atomic E-state index is -0.888. The maximum Gasteiger partial charge on any atom is 0.325 e. The molecule has 5 nitrogen and oxygen atoms in total. The number of carboxylic acids is 1. The zero-order chi connectivity index (χ0) is 9.14. The molecule has 0 radical (unpaired) electrons. The molecule has 0 aromatic carbocycles. The third-order valence-electron chi connectivity index (χ3n) is 1.44. The zero-order valence-corrected chi connectivity index (χ0v) is 6.98. The number of hydrogen-bond donors (Lipinski definition) is 2.